The van der Waals surface area contributed by atoms with E-state index in [1.54, 1.807) is 6.20 Å². The van der Waals surface area contributed by atoms with Crippen molar-refractivity contribution in [3.05, 3.63) is 65.4 Å². The van der Waals surface area contributed by atoms with Gasteiger partial charge in [-0.15, -0.1) is 10.2 Å². The Morgan fingerprint density at radius 1 is 1.11 bits per heavy atom. The highest BCUT2D eigenvalue weighted by Crippen LogP contribution is 2.53. The molecule has 1 aliphatic carbocycles. The number of benzene rings is 1. The fraction of sp³-hybridized carbons (Fsp3) is 0.517. The van der Waals surface area contributed by atoms with Gasteiger partial charge in [-0.05, 0) is 55.6 Å². The zero-order valence-corrected chi connectivity index (χ0v) is 24.7. The van der Waals surface area contributed by atoms with Crippen LogP contribution in [0.4, 0.5) is 0 Å². The Labute approximate surface area is 226 Å². The first kappa shape index (κ1) is 26.1. The number of fused-ring (bicyclic) bond motifs is 1. The predicted octanol–water partition coefficient (Wildman–Crippen LogP) is 6.36. The van der Waals surface area contributed by atoms with Crippen molar-refractivity contribution in [3.63, 3.8) is 0 Å². The van der Waals surface area contributed by atoms with Crippen LogP contribution in [0.3, 0.4) is 0 Å². The fourth-order valence-corrected chi connectivity index (χ4v) is 7.18. The molecule has 0 bridgehead atoms. The molecule has 3 heterocycles. The van der Waals surface area contributed by atoms with Gasteiger partial charge < -0.3 is 8.99 Å². The maximum atomic E-state index is 9.03. The van der Waals surface area contributed by atoms with E-state index < -0.39 is 8.32 Å². The number of rotatable bonds is 6. The molecule has 2 aliphatic rings. The monoisotopic (exact) mass is 531 g/mol. The minimum atomic E-state index is -1.81. The molecule has 1 atom stereocenters. The Hall–Kier alpha value is -2.47. The molecular formula is C29H37N5OSSi. The van der Waals surface area contributed by atoms with Gasteiger partial charge in [0.1, 0.15) is 17.7 Å². The number of aromatic nitrogens is 4. The molecule has 5 rings (SSSR count). The topological polar surface area (TPSA) is 76.6 Å². The quantitative estimate of drug-likeness (QED) is 0.344. The number of pyridine rings is 1. The smallest absolute Gasteiger partial charge is 0.192 e. The van der Waals surface area contributed by atoms with E-state index in [0.717, 1.165) is 61.1 Å². The van der Waals surface area contributed by atoms with Crippen LogP contribution in [-0.2, 0) is 22.8 Å². The van der Waals surface area contributed by atoms with Gasteiger partial charge in [-0.25, -0.2) is 0 Å². The molecule has 6 nitrogen and oxygen atoms in total. The van der Waals surface area contributed by atoms with Crippen LogP contribution >= 0.6 is 11.8 Å². The van der Waals surface area contributed by atoms with Gasteiger partial charge in [-0.1, -0.05) is 45.0 Å². The molecule has 0 N–H and O–H groups in total. The van der Waals surface area contributed by atoms with Crippen molar-refractivity contribution in [2.45, 2.75) is 81.8 Å². The predicted molar refractivity (Wildman–Crippen MR) is 152 cm³/mol. The highest BCUT2D eigenvalue weighted by atomic mass is 32.2. The Bertz CT molecular complexity index is 1320. The molecule has 1 aromatic carbocycles. The van der Waals surface area contributed by atoms with Crippen LogP contribution in [0.2, 0.25) is 18.1 Å². The molecule has 1 saturated carbocycles. The lowest BCUT2D eigenvalue weighted by molar-refractivity contribution is 0.252. The first-order valence-corrected chi connectivity index (χ1v) is 17.0. The van der Waals surface area contributed by atoms with E-state index >= 15 is 0 Å². The Kier molecular flexibility index (Phi) is 6.62. The van der Waals surface area contributed by atoms with E-state index in [0.29, 0.717) is 5.56 Å². The zero-order chi connectivity index (χ0) is 26.5. The van der Waals surface area contributed by atoms with Crippen LogP contribution < -0.4 is 0 Å². The summed E-state index contributed by atoms with van der Waals surface area (Å²) in [5.41, 5.74) is 3.75. The molecule has 8 heteroatoms. The number of nitriles is 1. The second-order valence-corrected chi connectivity index (χ2v) is 18.8. The summed E-state index contributed by atoms with van der Waals surface area (Å²) < 4.78 is 9.06. The maximum Gasteiger partial charge on any atom is 0.192 e. The molecule has 1 unspecified atom stereocenters. The van der Waals surface area contributed by atoms with E-state index in [1.807, 2.05) is 23.9 Å². The van der Waals surface area contributed by atoms with Gasteiger partial charge >= 0.3 is 0 Å². The molecule has 0 amide bonds. The largest absolute Gasteiger partial charge is 0.415 e. The number of nitrogens with zero attached hydrogens (tertiary/aromatic N) is 5. The third-order valence-corrected chi connectivity index (χ3v) is 14.3. The van der Waals surface area contributed by atoms with Gasteiger partial charge in [0.05, 0.1) is 16.7 Å². The van der Waals surface area contributed by atoms with E-state index in [9.17, 15) is 0 Å². The van der Waals surface area contributed by atoms with Gasteiger partial charge in [-0.3, -0.25) is 4.98 Å². The van der Waals surface area contributed by atoms with Gasteiger partial charge in [0, 0.05) is 41.8 Å². The van der Waals surface area contributed by atoms with E-state index in [2.05, 4.69) is 80.7 Å². The summed E-state index contributed by atoms with van der Waals surface area (Å²) in [5, 5.41) is 18.8. The summed E-state index contributed by atoms with van der Waals surface area (Å²) in [6.07, 6.45) is 4.69. The molecule has 2 aromatic heterocycles. The summed E-state index contributed by atoms with van der Waals surface area (Å²) in [6, 6.07) is 14.5. The third-order valence-electron chi connectivity index (χ3n) is 8.47. The molecule has 0 radical (unpaired) electrons. The van der Waals surface area contributed by atoms with Crippen molar-refractivity contribution >= 4 is 20.1 Å². The SMILES string of the molecule is CC1(CO[Si](C)(C)C(C)(C)C)Cc2nnc(C3(c4ccc(-c5ccc(C#N)cn5)cc4)CC3)n2CCS1. The minimum absolute atomic E-state index is 0.000527. The minimum Gasteiger partial charge on any atom is -0.415 e. The number of hydrogen-bond acceptors (Lipinski definition) is 6. The summed E-state index contributed by atoms with van der Waals surface area (Å²) in [6.45, 7) is 15.6. The van der Waals surface area contributed by atoms with E-state index in [1.165, 1.54) is 5.56 Å². The van der Waals surface area contributed by atoms with Crippen LogP contribution in [0.1, 0.15) is 63.3 Å². The lowest BCUT2D eigenvalue weighted by Crippen LogP contribution is -2.45. The average molecular weight is 532 g/mol. The second-order valence-electron chi connectivity index (χ2n) is 12.3. The van der Waals surface area contributed by atoms with Crippen molar-refractivity contribution in [1.82, 2.24) is 19.7 Å². The van der Waals surface area contributed by atoms with Gasteiger partial charge in [-0.2, -0.15) is 17.0 Å². The molecule has 3 aromatic rings. The maximum absolute atomic E-state index is 9.03. The van der Waals surface area contributed by atoms with Crippen molar-refractivity contribution in [2.24, 2.45) is 0 Å². The molecule has 0 spiro atoms. The van der Waals surface area contributed by atoms with Crippen molar-refractivity contribution in [3.8, 4) is 17.3 Å². The number of thioether (sulfide) groups is 1. The van der Waals surface area contributed by atoms with Crippen LogP contribution in [0.15, 0.2) is 42.6 Å². The van der Waals surface area contributed by atoms with Gasteiger partial charge in [0.15, 0.2) is 8.32 Å². The van der Waals surface area contributed by atoms with Crippen LogP contribution in [-0.4, -0.2) is 45.2 Å². The molecule has 37 heavy (non-hydrogen) atoms. The first-order chi connectivity index (χ1) is 17.5. The summed E-state index contributed by atoms with van der Waals surface area (Å²) >= 11 is 2.02. The molecular weight excluding hydrogens is 495 g/mol. The Morgan fingerprint density at radius 3 is 2.43 bits per heavy atom. The highest BCUT2D eigenvalue weighted by molar-refractivity contribution is 8.00. The van der Waals surface area contributed by atoms with Crippen molar-refractivity contribution in [1.29, 1.82) is 5.26 Å². The van der Waals surface area contributed by atoms with Crippen LogP contribution in [0.5, 0.6) is 0 Å². The molecule has 0 saturated heterocycles. The van der Waals surface area contributed by atoms with Crippen molar-refractivity contribution < 1.29 is 4.43 Å². The zero-order valence-electron chi connectivity index (χ0n) is 22.8. The third kappa shape index (κ3) is 5.01. The molecule has 1 aliphatic heterocycles. The second kappa shape index (κ2) is 9.37. The van der Waals surface area contributed by atoms with Crippen LogP contribution in [0.25, 0.3) is 11.3 Å². The average Bonchev–Trinajstić information content (AvgIpc) is 3.62. The Balaban J connectivity index is 1.36. The number of hydrogen-bond donors (Lipinski definition) is 0. The highest BCUT2D eigenvalue weighted by Gasteiger charge is 2.51. The lowest BCUT2D eigenvalue weighted by atomic mass is 9.93. The molecule has 1 fully saturated rings. The fourth-order valence-electron chi connectivity index (χ4n) is 4.82. The van der Waals surface area contributed by atoms with Gasteiger partial charge in [0.2, 0.25) is 0 Å². The van der Waals surface area contributed by atoms with Crippen LogP contribution in [0, 0.1) is 11.3 Å². The van der Waals surface area contributed by atoms with Crippen molar-refractivity contribution in [2.75, 3.05) is 12.4 Å². The lowest BCUT2D eigenvalue weighted by Gasteiger charge is -2.39. The summed E-state index contributed by atoms with van der Waals surface area (Å²) in [5.74, 6) is 3.24. The summed E-state index contributed by atoms with van der Waals surface area (Å²) in [4.78, 5) is 4.44. The first-order valence-electron chi connectivity index (χ1n) is 13.1. The summed E-state index contributed by atoms with van der Waals surface area (Å²) in [7, 11) is -1.81. The van der Waals surface area contributed by atoms with E-state index in [4.69, 9.17) is 19.9 Å². The van der Waals surface area contributed by atoms with E-state index in [-0.39, 0.29) is 15.2 Å². The Morgan fingerprint density at radius 2 is 1.84 bits per heavy atom. The molecule has 194 valence electrons. The normalized spacial score (nSPS) is 21.1. The van der Waals surface area contributed by atoms with Gasteiger partial charge in [0.25, 0.3) is 0 Å². The standard InChI is InChI=1S/C29H37N5OSSi/c1-27(2,3)37(5,6)35-20-28(4)17-25-32-33-26(34(25)15-16-36-28)29(13-14-29)23-10-8-22(9-11-23)24-12-7-21(18-30)19-31-24/h7-12,19H,13-17,20H2,1-6H3.